The Morgan fingerprint density at radius 2 is 1.67 bits per heavy atom. The molecule has 15 heavy (non-hydrogen) atoms. The largest absolute Gasteiger partial charge is 0.386 e. The average molecular weight is 208 g/mol. The highest BCUT2D eigenvalue weighted by Crippen LogP contribution is 2.22. The molecule has 1 N–H and O–H groups in total. The van der Waals surface area contributed by atoms with Gasteiger partial charge in [-0.25, -0.2) is 0 Å². The standard InChI is InChI=1S/C13H20O2/c1-10(15-13(2,3)4)12(14)11-8-6-5-7-9-11/h5-10,12,14H,1-4H3. The summed E-state index contributed by atoms with van der Waals surface area (Å²) >= 11 is 0. The van der Waals surface area contributed by atoms with Gasteiger partial charge in [-0.15, -0.1) is 0 Å². The van der Waals surface area contributed by atoms with Crippen molar-refractivity contribution in [2.24, 2.45) is 0 Å². The molecule has 0 saturated carbocycles. The maximum atomic E-state index is 10.0. The molecule has 0 radical (unpaired) electrons. The third-order valence-corrected chi connectivity index (χ3v) is 2.13. The lowest BCUT2D eigenvalue weighted by Gasteiger charge is -2.28. The first-order valence-corrected chi connectivity index (χ1v) is 5.31. The third-order valence-electron chi connectivity index (χ3n) is 2.13. The van der Waals surface area contributed by atoms with Gasteiger partial charge < -0.3 is 9.84 Å². The van der Waals surface area contributed by atoms with Gasteiger partial charge in [0.1, 0.15) is 6.10 Å². The van der Waals surface area contributed by atoms with Crippen LogP contribution in [0.4, 0.5) is 0 Å². The van der Waals surface area contributed by atoms with Gasteiger partial charge in [-0.3, -0.25) is 0 Å². The molecule has 2 nitrogen and oxygen atoms in total. The summed E-state index contributed by atoms with van der Waals surface area (Å²) in [6.45, 7) is 7.85. The second-order valence-corrected chi connectivity index (χ2v) is 4.79. The van der Waals surface area contributed by atoms with E-state index >= 15 is 0 Å². The van der Waals surface area contributed by atoms with Crippen LogP contribution in [0, 0.1) is 0 Å². The van der Waals surface area contributed by atoms with E-state index in [9.17, 15) is 5.11 Å². The van der Waals surface area contributed by atoms with Crippen molar-refractivity contribution in [3.63, 3.8) is 0 Å². The summed E-state index contributed by atoms with van der Waals surface area (Å²) < 4.78 is 5.70. The van der Waals surface area contributed by atoms with Crippen molar-refractivity contribution >= 4 is 0 Å². The van der Waals surface area contributed by atoms with Crippen LogP contribution in [-0.2, 0) is 4.74 Å². The predicted octanol–water partition coefficient (Wildman–Crippen LogP) is 2.92. The fourth-order valence-corrected chi connectivity index (χ4v) is 1.54. The summed E-state index contributed by atoms with van der Waals surface area (Å²) in [5.41, 5.74) is 0.670. The number of rotatable bonds is 3. The van der Waals surface area contributed by atoms with Crippen LogP contribution in [0.5, 0.6) is 0 Å². The van der Waals surface area contributed by atoms with E-state index in [4.69, 9.17) is 4.74 Å². The van der Waals surface area contributed by atoms with Crippen molar-refractivity contribution in [3.8, 4) is 0 Å². The van der Waals surface area contributed by atoms with E-state index in [-0.39, 0.29) is 11.7 Å². The smallest absolute Gasteiger partial charge is 0.105 e. The van der Waals surface area contributed by atoms with E-state index in [1.807, 2.05) is 58.0 Å². The first kappa shape index (κ1) is 12.2. The van der Waals surface area contributed by atoms with Crippen LogP contribution in [-0.4, -0.2) is 16.8 Å². The zero-order valence-corrected chi connectivity index (χ0v) is 9.90. The normalized spacial score (nSPS) is 16.1. The van der Waals surface area contributed by atoms with Gasteiger partial charge in [0.15, 0.2) is 0 Å². The van der Waals surface area contributed by atoms with Crippen molar-refractivity contribution in [1.82, 2.24) is 0 Å². The van der Waals surface area contributed by atoms with Crippen molar-refractivity contribution in [3.05, 3.63) is 35.9 Å². The molecule has 0 aromatic heterocycles. The number of hydrogen-bond donors (Lipinski definition) is 1. The molecular weight excluding hydrogens is 188 g/mol. The van der Waals surface area contributed by atoms with E-state index in [0.717, 1.165) is 5.56 Å². The van der Waals surface area contributed by atoms with Crippen LogP contribution in [0.3, 0.4) is 0 Å². The number of aliphatic hydroxyl groups is 1. The molecule has 2 atom stereocenters. The number of benzene rings is 1. The van der Waals surface area contributed by atoms with E-state index in [1.165, 1.54) is 0 Å². The lowest BCUT2D eigenvalue weighted by molar-refractivity contribution is -0.103. The molecule has 0 fully saturated rings. The Bertz CT molecular complexity index is 287. The topological polar surface area (TPSA) is 29.5 Å². The zero-order chi connectivity index (χ0) is 11.5. The van der Waals surface area contributed by atoms with Crippen LogP contribution < -0.4 is 0 Å². The van der Waals surface area contributed by atoms with E-state index in [1.54, 1.807) is 0 Å². The van der Waals surface area contributed by atoms with Gasteiger partial charge in [0, 0.05) is 0 Å². The molecule has 0 aliphatic heterocycles. The Hall–Kier alpha value is -0.860. The Kier molecular flexibility index (Phi) is 3.89. The highest BCUT2D eigenvalue weighted by atomic mass is 16.5. The first-order valence-electron chi connectivity index (χ1n) is 5.31. The second-order valence-electron chi connectivity index (χ2n) is 4.79. The SMILES string of the molecule is CC(OC(C)(C)C)C(O)c1ccccc1. The highest BCUT2D eigenvalue weighted by Gasteiger charge is 2.22. The minimum Gasteiger partial charge on any atom is -0.386 e. The van der Waals surface area contributed by atoms with Gasteiger partial charge in [-0.2, -0.15) is 0 Å². The zero-order valence-electron chi connectivity index (χ0n) is 9.90. The van der Waals surface area contributed by atoms with Gasteiger partial charge in [0.2, 0.25) is 0 Å². The van der Waals surface area contributed by atoms with Gasteiger partial charge in [0.05, 0.1) is 11.7 Å². The Balaban J connectivity index is 2.65. The predicted molar refractivity (Wildman–Crippen MR) is 61.7 cm³/mol. The van der Waals surface area contributed by atoms with Crippen molar-refractivity contribution in [1.29, 1.82) is 0 Å². The summed E-state index contributed by atoms with van der Waals surface area (Å²) in [6.07, 6.45) is -0.766. The summed E-state index contributed by atoms with van der Waals surface area (Å²) in [4.78, 5) is 0. The fraction of sp³-hybridized carbons (Fsp3) is 0.538. The Morgan fingerprint density at radius 3 is 2.13 bits per heavy atom. The minimum atomic E-state index is -0.564. The molecule has 0 spiro atoms. The van der Waals surface area contributed by atoms with Crippen LogP contribution >= 0.6 is 0 Å². The number of aliphatic hydroxyl groups excluding tert-OH is 1. The highest BCUT2D eigenvalue weighted by molar-refractivity contribution is 5.18. The molecule has 2 unspecified atom stereocenters. The van der Waals surface area contributed by atoms with Crippen molar-refractivity contribution in [2.75, 3.05) is 0 Å². The maximum absolute atomic E-state index is 10.0. The molecule has 1 rings (SSSR count). The van der Waals surface area contributed by atoms with Gasteiger partial charge in [-0.1, -0.05) is 30.3 Å². The van der Waals surface area contributed by atoms with Gasteiger partial charge in [0.25, 0.3) is 0 Å². The van der Waals surface area contributed by atoms with Crippen LogP contribution in [0.1, 0.15) is 39.4 Å². The monoisotopic (exact) mass is 208 g/mol. The first-order chi connectivity index (χ1) is 6.90. The molecule has 1 aromatic carbocycles. The molecular formula is C13H20O2. The Labute approximate surface area is 91.9 Å². The van der Waals surface area contributed by atoms with E-state index < -0.39 is 6.10 Å². The quantitative estimate of drug-likeness (QED) is 0.827. The summed E-state index contributed by atoms with van der Waals surface area (Å²) in [7, 11) is 0. The molecule has 0 saturated heterocycles. The Morgan fingerprint density at radius 1 is 1.13 bits per heavy atom. The number of ether oxygens (including phenoxy) is 1. The average Bonchev–Trinajstić information content (AvgIpc) is 2.15. The van der Waals surface area contributed by atoms with Crippen LogP contribution in [0.15, 0.2) is 30.3 Å². The molecule has 2 heteroatoms. The summed E-state index contributed by atoms with van der Waals surface area (Å²) in [6, 6.07) is 9.59. The molecule has 1 aromatic rings. The second kappa shape index (κ2) is 4.77. The third kappa shape index (κ3) is 4.02. The molecule has 0 amide bonds. The van der Waals surface area contributed by atoms with Gasteiger partial charge in [-0.05, 0) is 33.3 Å². The fourth-order valence-electron chi connectivity index (χ4n) is 1.54. The molecule has 0 heterocycles. The number of hydrogen-bond acceptors (Lipinski definition) is 2. The molecule has 0 aliphatic carbocycles. The summed E-state index contributed by atoms with van der Waals surface area (Å²) in [5, 5.41) is 10.0. The summed E-state index contributed by atoms with van der Waals surface area (Å²) in [5.74, 6) is 0. The van der Waals surface area contributed by atoms with Crippen molar-refractivity contribution < 1.29 is 9.84 Å². The van der Waals surface area contributed by atoms with Crippen LogP contribution in [0.25, 0.3) is 0 Å². The van der Waals surface area contributed by atoms with Crippen LogP contribution in [0.2, 0.25) is 0 Å². The molecule has 84 valence electrons. The van der Waals surface area contributed by atoms with Gasteiger partial charge >= 0.3 is 0 Å². The van der Waals surface area contributed by atoms with E-state index in [2.05, 4.69) is 0 Å². The molecule has 0 aliphatic rings. The lowest BCUT2D eigenvalue weighted by Crippen LogP contribution is -2.29. The van der Waals surface area contributed by atoms with E-state index in [0.29, 0.717) is 0 Å². The van der Waals surface area contributed by atoms with Crippen molar-refractivity contribution in [2.45, 2.75) is 45.5 Å². The maximum Gasteiger partial charge on any atom is 0.105 e. The minimum absolute atomic E-state index is 0.201. The molecule has 0 bridgehead atoms. The lowest BCUT2D eigenvalue weighted by atomic mass is 10.0.